The highest BCUT2D eigenvalue weighted by Crippen LogP contribution is 2.37. The highest BCUT2D eigenvalue weighted by molar-refractivity contribution is 6.14. The molecule has 2 heterocycles. The van der Waals surface area contributed by atoms with Gasteiger partial charge in [-0.25, -0.2) is 0 Å². The number of anilines is 1. The van der Waals surface area contributed by atoms with E-state index in [9.17, 15) is 9.59 Å². The zero-order valence-corrected chi connectivity index (χ0v) is 16.2. The third-order valence-corrected chi connectivity index (χ3v) is 4.89. The summed E-state index contributed by atoms with van der Waals surface area (Å²) in [5, 5.41) is 3.81. The topological polar surface area (TPSA) is 72.8 Å². The predicted octanol–water partition coefficient (Wildman–Crippen LogP) is 2.47. The maximum absolute atomic E-state index is 13.0. The van der Waals surface area contributed by atoms with Crippen LogP contribution in [-0.4, -0.2) is 49.8 Å². The van der Waals surface area contributed by atoms with Gasteiger partial charge in [0.25, 0.3) is 5.91 Å². The molecule has 7 nitrogen and oxygen atoms in total. The van der Waals surface area contributed by atoms with Crippen LogP contribution in [0.2, 0.25) is 0 Å². The van der Waals surface area contributed by atoms with E-state index in [0.29, 0.717) is 49.9 Å². The van der Waals surface area contributed by atoms with Crippen LogP contribution in [0.1, 0.15) is 36.7 Å². The zero-order chi connectivity index (χ0) is 19.4. The van der Waals surface area contributed by atoms with Crippen LogP contribution in [0.4, 0.5) is 5.69 Å². The van der Waals surface area contributed by atoms with Crippen molar-refractivity contribution in [3.63, 3.8) is 0 Å². The molecule has 7 heteroatoms. The van der Waals surface area contributed by atoms with Crippen molar-refractivity contribution in [2.75, 3.05) is 38.3 Å². The number of fused-ring (bicyclic) bond motifs is 1. The minimum Gasteiger partial charge on any atom is -0.497 e. The van der Waals surface area contributed by atoms with Gasteiger partial charge in [-0.2, -0.15) is 0 Å². The molecule has 0 saturated carbocycles. The Kier molecular flexibility index (Phi) is 6.01. The lowest BCUT2D eigenvalue weighted by Crippen LogP contribution is -2.31. The molecule has 0 spiro atoms. The summed E-state index contributed by atoms with van der Waals surface area (Å²) in [6, 6.07) is 5.67. The molecule has 1 fully saturated rings. The van der Waals surface area contributed by atoms with E-state index in [1.165, 1.54) is 0 Å². The van der Waals surface area contributed by atoms with Gasteiger partial charge in [0.05, 0.1) is 18.3 Å². The molecule has 0 aliphatic carbocycles. The normalized spacial score (nSPS) is 14.2. The van der Waals surface area contributed by atoms with Crippen molar-refractivity contribution in [2.45, 2.75) is 26.2 Å². The fraction of sp³-hybridized carbons (Fsp3) is 0.500. The van der Waals surface area contributed by atoms with Gasteiger partial charge in [0.15, 0.2) is 0 Å². The summed E-state index contributed by atoms with van der Waals surface area (Å²) in [6.45, 7) is 4.37. The maximum Gasteiger partial charge on any atom is 0.270 e. The van der Waals surface area contributed by atoms with Gasteiger partial charge in [-0.1, -0.05) is 0 Å². The first-order valence-corrected chi connectivity index (χ1v) is 9.41. The highest BCUT2D eigenvalue weighted by Gasteiger charge is 2.31. The second-order valence-corrected chi connectivity index (χ2v) is 6.59. The molecule has 27 heavy (non-hydrogen) atoms. The number of nitrogens with one attached hydrogen (secondary N) is 1. The quantitative estimate of drug-likeness (QED) is 0.722. The summed E-state index contributed by atoms with van der Waals surface area (Å²) in [5.74, 6) is 0.569. The van der Waals surface area contributed by atoms with Gasteiger partial charge in [0.2, 0.25) is 5.91 Å². The number of amides is 2. The summed E-state index contributed by atoms with van der Waals surface area (Å²) in [7, 11) is 3.46. The lowest BCUT2D eigenvalue weighted by atomic mass is 10.2. The molecule has 2 aromatic rings. The molecule has 2 amide bonds. The van der Waals surface area contributed by atoms with Crippen molar-refractivity contribution in [2.24, 2.45) is 7.05 Å². The molecule has 1 N–H and O–H groups in total. The van der Waals surface area contributed by atoms with Crippen LogP contribution in [-0.2, 0) is 16.6 Å². The molecule has 0 radical (unpaired) electrons. The molecule has 0 atom stereocenters. The molecule has 1 aromatic carbocycles. The van der Waals surface area contributed by atoms with E-state index in [0.717, 1.165) is 23.7 Å². The Labute approximate surface area is 159 Å². The van der Waals surface area contributed by atoms with Gasteiger partial charge < -0.3 is 24.3 Å². The molecule has 0 bridgehead atoms. The van der Waals surface area contributed by atoms with Crippen molar-refractivity contribution in [1.82, 2.24) is 9.88 Å². The van der Waals surface area contributed by atoms with Crippen LogP contribution >= 0.6 is 0 Å². The summed E-state index contributed by atoms with van der Waals surface area (Å²) in [4.78, 5) is 27.1. The van der Waals surface area contributed by atoms with Gasteiger partial charge >= 0.3 is 0 Å². The smallest absolute Gasteiger partial charge is 0.270 e. The molecule has 1 saturated heterocycles. The number of ether oxygens (including phenoxy) is 2. The van der Waals surface area contributed by atoms with Crippen LogP contribution in [0.3, 0.4) is 0 Å². The Morgan fingerprint density at radius 1 is 1.33 bits per heavy atom. The Bertz CT molecular complexity index is 843. The average Bonchev–Trinajstić information content (AvgIpc) is 3.21. The Balaban J connectivity index is 1.98. The standard InChI is InChI=1S/C20H27N3O4/c1-4-27-12-6-10-21-20(25)19-18(23-11-5-7-17(23)24)15-13-14(26-3)8-9-16(15)22(19)2/h8-9,13H,4-7,10-12H2,1-3H3,(H,21,25). The summed E-state index contributed by atoms with van der Waals surface area (Å²) in [6.07, 6.45) is 2.06. The second-order valence-electron chi connectivity index (χ2n) is 6.59. The van der Waals surface area contributed by atoms with E-state index in [1.807, 2.05) is 36.7 Å². The summed E-state index contributed by atoms with van der Waals surface area (Å²) >= 11 is 0. The Morgan fingerprint density at radius 2 is 2.15 bits per heavy atom. The van der Waals surface area contributed by atoms with E-state index in [-0.39, 0.29) is 11.8 Å². The zero-order valence-electron chi connectivity index (χ0n) is 16.2. The van der Waals surface area contributed by atoms with E-state index in [1.54, 1.807) is 12.0 Å². The maximum atomic E-state index is 13.0. The van der Waals surface area contributed by atoms with E-state index in [2.05, 4.69) is 5.32 Å². The number of rotatable bonds is 8. The highest BCUT2D eigenvalue weighted by atomic mass is 16.5. The van der Waals surface area contributed by atoms with Crippen LogP contribution in [0.5, 0.6) is 5.75 Å². The van der Waals surface area contributed by atoms with Crippen LogP contribution in [0.25, 0.3) is 10.9 Å². The lowest BCUT2D eigenvalue weighted by molar-refractivity contribution is -0.117. The Hall–Kier alpha value is -2.54. The van der Waals surface area contributed by atoms with Crippen molar-refractivity contribution in [3.8, 4) is 5.75 Å². The van der Waals surface area contributed by atoms with E-state index >= 15 is 0 Å². The minimum absolute atomic E-state index is 0.0516. The van der Waals surface area contributed by atoms with Gasteiger partial charge in [0.1, 0.15) is 11.4 Å². The van der Waals surface area contributed by atoms with Crippen molar-refractivity contribution < 1.29 is 19.1 Å². The van der Waals surface area contributed by atoms with Gasteiger partial charge in [-0.3, -0.25) is 9.59 Å². The third kappa shape index (κ3) is 3.78. The van der Waals surface area contributed by atoms with E-state index in [4.69, 9.17) is 9.47 Å². The number of hydrogen-bond acceptors (Lipinski definition) is 4. The number of benzene rings is 1. The van der Waals surface area contributed by atoms with Crippen molar-refractivity contribution in [1.29, 1.82) is 0 Å². The monoisotopic (exact) mass is 373 g/mol. The number of aryl methyl sites for hydroxylation is 1. The number of carbonyl (C=O) groups is 2. The molecule has 3 rings (SSSR count). The molecule has 146 valence electrons. The third-order valence-electron chi connectivity index (χ3n) is 4.89. The largest absolute Gasteiger partial charge is 0.497 e. The van der Waals surface area contributed by atoms with Crippen molar-refractivity contribution in [3.05, 3.63) is 23.9 Å². The number of carbonyl (C=O) groups excluding carboxylic acids is 2. The molecule has 1 aliphatic heterocycles. The molecular formula is C20H27N3O4. The van der Waals surface area contributed by atoms with Crippen LogP contribution in [0.15, 0.2) is 18.2 Å². The predicted molar refractivity (Wildman–Crippen MR) is 105 cm³/mol. The lowest BCUT2D eigenvalue weighted by Gasteiger charge is -2.18. The van der Waals surface area contributed by atoms with Crippen molar-refractivity contribution >= 4 is 28.4 Å². The summed E-state index contributed by atoms with van der Waals surface area (Å²) < 4.78 is 12.5. The fourth-order valence-electron chi connectivity index (χ4n) is 3.55. The average molecular weight is 373 g/mol. The van der Waals surface area contributed by atoms with Gasteiger partial charge in [-0.05, 0) is 38.0 Å². The van der Waals surface area contributed by atoms with E-state index < -0.39 is 0 Å². The SMILES string of the molecule is CCOCCCNC(=O)c1c(N2CCCC2=O)c2cc(OC)ccc2n1C. The summed E-state index contributed by atoms with van der Waals surface area (Å²) in [5.41, 5.74) is 2.08. The molecule has 0 unspecified atom stereocenters. The number of nitrogens with zero attached hydrogens (tertiary/aromatic N) is 2. The molecule has 1 aliphatic rings. The first-order chi connectivity index (χ1) is 13.1. The minimum atomic E-state index is -0.182. The molecule has 1 aromatic heterocycles. The first-order valence-electron chi connectivity index (χ1n) is 9.41. The number of hydrogen-bond donors (Lipinski definition) is 1. The van der Waals surface area contributed by atoms with Gasteiger partial charge in [0, 0.05) is 45.2 Å². The van der Waals surface area contributed by atoms with Crippen LogP contribution in [0, 0.1) is 0 Å². The van der Waals surface area contributed by atoms with Gasteiger partial charge in [-0.15, -0.1) is 0 Å². The van der Waals surface area contributed by atoms with Crippen LogP contribution < -0.4 is 15.0 Å². The molecular weight excluding hydrogens is 346 g/mol. The Morgan fingerprint density at radius 3 is 2.81 bits per heavy atom. The number of aromatic nitrogens is 1. The second kappa shape index (κ2) is 8.43. The first kappa shape index (κ1) is 19.2. The fourth-order valence-corrected chi connectivity index (χ4v) is 3.55. The number of methoxy groups -OCH3 is 1.